The average Bonchev–Trinajstić information content (AvgIpc) is 3.64. The number of nitrogens with zero attached hydrogens (tertiary/aromatic N) is 9. The molecule has 0 amide bonds. The third-order valence-electron chi connectivity index (χ3n) is 9.82. The van der Waals surface area contributed by atoms with Gasteiger partial charge in [-0.1, -0.05) is 0 Å². The molecule has 27 nitrogen and oxygen atoms in total. The molecule has 0 aliphatic rings. The molecule has 0 unspecified atom stereocenters. The fraction of sp³-hybridized carbons (Fsp3) is 0.231. The summed E-state index contributed by atoms with van der Waals surface area (Å²) in [7, 11) is -24.6. The van der Waals surface area contributed by atoms with Gasteiger partial charge in [0.1, 0.15) is 65.3 Å². The molecule has 4 aromatic carbocycles. The van der Waals surface area contributed by atoms with Gasteiger partial charge in [0.15, 0.2) is 5.65 Å². The molecule has 0 aliphatic carbocycles. The number of hydrogen-bond donors (Lipinski definition) is 1. The summed E-state index contributed by atoms with van der Waals surface area (Å²) in [6.07, 6.45) is -0.594. The van der Waals surface area contributed by atoms with E-state index in [9.17, 15) is 75.2 Å². The number of imidazole rings is 1. The zero-order valence-electron chi connectivity index (χ0n) is 41.5. The number of aromatic nitrogens is 2. The van der Waals surface area contributed by atoms with Crippen molar-refractivity contribution < 1.29 is 227 Å². The van der Waals surface area contributed by atoms with Crippen molar-refractivity contribution in [3.63, 3.8) is 0 Å². The third-order valence-corrected chi connectivity index (χ3v) is 13.9. The van der Waals surface area contributed by atoms with Crippen LogP contribution < -0.4 is 162 Å². The van der Waals surface area contributed by atoms with Gasteiger partial charge < -0.3 is 37.2 Å². The van der Waals surface area contributed by atoms with E-state index >= 15 is 0 Å². The Labute approximate surface area is 545 Å². The van der Waals surface area contributed by atoms with Crippen molar-refractivity contribution in [2.45, 2.75) is 48.3 Å². The number of benzene rings is 4. The van der Waals surface area contributed by atoms with Crippen LogP contribution in [0.25, 0.3) is 16.7 Å². The van der Waals surface area contributed by atoms with Gasteiger partial charge in [-0.25, -0.2) is 38.7 Å². The Morgan fingerprint density at radius 3 is 1.49 bits per heavy atom. The van der Waals surface area contributed by atoms with E-state index in [-0.39, 0.29) is 241 Å². The predicted octanol–water partition coefficient (Wildman–Crippen LogP) is -9.69. The fourth-order valence-corrected chi connectivity index (χ4v) is 9.06. The van der Waals surface area contributed by atoms with Crippen LogP contribution in [-0.2, 0) is 50.6 Å². The molecule has 37 heteroatoms. The van der Waals surface area contributed by atoms with Gasteiger partial charge in [0.25, 0.3) is 10.1 Å². The number of fused-ring (bicyclic) bond motifs is 3. The molecule has 1 N–H and O–H groups in total. The summed E-state index contributed by atoms with van der Waals surface area (Å²) >= 11 is 0. The molecule has 0 atom stereocenters. The van der Waals surface area contributed by atoms with Crippen molar-refractivity contribution in [1.29, 1.82) is 5.26 Å². The zero-order valence-corrected chi connectivity index (χ0v) is 55.6. The van der Waals surface area contributed by atoms with Crippen molar-refractivity contribution >= 4 is 101 Å². The maximum absolute atomic E-state index is 14.0. The molecule has 0 spiro atoms. The Bertz CT molecular complexity index is 3900. The standard InChI is InChI=1S/C39H37N9O18S5.5Na/c1-21-14-31(34(65-10-4-12-67(50,51)52)18-29(21)43-42-28-9-7-25(70(59,60)61)17-36(28)71(62,63)64)45-44-30-19-35(66-11-5-13-68(53,54)55)32(15-22(30)2)46-47-37-23(3)26(20-40)38-41-27-8-6-24(69(56,57)58)16-33(27)48(38)39(37)49;;;;;/h6-9,14-19,49H,4-5,10-13H2,1-3H3,(H,50,51,52)(H,53,54,55)(H,56,57,58)(H,59,60,61)(H,62,63,64);;;;;/q;5*+1/p-5. The number of azo groups is 3. The smallest absolute Gasteiger partial charge is 0.858 e. The van der Waals surface area contributed by atoms with Crippen LogP contribution in [-0.4, -0.2) is 99.0 Å². The summed E-state index contributed by atoms with van der Waals surface area (Å²) in [5.41, 5.74) is -0.997. The predicted molar refractivity (Wildman–Crippen MR) is 238 cm³/mol. The van der Waals surface area contributed by atoms with E-state index in [1.165, 1.54) is 51.1 Å². The molecule has 376 valence electrons. The van der Waals surface area contributed by atoms with E-state index in [1.807, 2.05) is 6.07 Å². The summed E-state index contributed by atoms with van der Waals surface area (Å²) < 4.78 is 184. The molecule has 0 aliphatic heterocycles. The maximum atomic E-state index is 14.0. The minimum Gasteiger partial charge on any atom is -0.858 e. The van der Waals surface area contributed by atoms with Gasteiger partial charge in [0, 0.05) is 23.6 Å². The van der Waals surface area contributed by atoms with Crippen LogP contribution in [0.4, 0.5) is 34.1 Å². The van der Waals surface area contributed by atoms with Crippen molar-refractivity contribution in [3.05, 3.63) is 82.9 Å². The zero-order chi connectivity index (χ0) is 52.4. The van der Waals surface area contributed by atoms with Crippen LogP contribution in [0.2, 0.25) is 0 Å². The Balaban J connectivity index is 0.00000578. The molecule has 0 fully saturated rings. The van der Waals surface area contributed by atoms with Gasteiger partial charge in [-0.15, -0.1) is 20.5 Å². The van der Waals surface area contributed by atoms with Crippen molar-refractivity contribution in [2.24, 2.45) is 30.7 Å². The van der Waals surface area contributed by atoms with Gasteiger partial charge in [-0.2, -0.15) is 23.9 Å². The molecule has 6 aromatic rings. The molecule has 6 rings (SSSR count). The first-order chi connectivity index (χ1) is 32.9. The number of nitriles is 1. The monoisotopic (exact) mass is 1190 g/mol. The topological polar surface area (TPSA) is 440 Å². The molecule has 0 saturated carbocycles. The fourth-order valence-electron chi connectivity index (χ4n) is 6.41. The van der Waals surface area contributed by atoms with Crippen LogP contribution in [0.3, 0.4) is 0 Å². The molecule has 76 heavy (non-hydrogen) atoms. The Morgan fingerprint density at radius 1 is 0.605 bits per heavy atom. The summed E-state index contributed by atoms with van der Waals surface area (Å²) in [4.78, 5) is 1.53. The molecule has 0 bridgehead atoms. The van der Waals surface area contributed by atoms with Gasteiger partial charge in [-0.3, -0.25) is 4.55 Å². The Kier molecular flexibility index (Phi) is 27.7. The Hall–Kier alpha value is -1.93. The van der Waals surface area contributed by atoms with Gasteiger partial charge in [0.2, 0.25) is 0 Å². The number of hydrogen-bond acceptors (Lipinski definition) is 25. The number of rotatable bonds is 19. The summed E-state index contributed by atoms with van der Waals surface area (Å²) in [5.74, 6) is -2.87. The van der Waals surface area contributed by atoms with Gasteiger partial charge in [0.05, 0.1) is 71.3 Å². The largest absolute Gasteiger partial charge is 1.00 e. The van der Waals surface area contributed by atoms with E-state index in [0.29, 0.717) is 11.6 Å². The van der Waals surface area contributed by atoms with Crippen LogP contribution in [0.5, 0.6) is 17.4 Å². The normalized spacial score (nSPS) is 12.1. The van der Waals surface area contributed by atoms with E-state index in [4.69, 9.17) is 9.47 Å². The number of aryl methyl sites for hydroxylation is 2. The van der Waals surface area contributed by atoms with Crippen LogP contribution >= 0.6 is 0 Å². The first-order valence-corrected chi connectivity index (χ1v) is 27.1. The van der Waals surface area contributed by atoms with Crippen LogP contribution in [0, 0.1) is 32.1 Å². The SMILES string of the molecule is Cc1cc(N=Nc2c(C)c(C#N)c3nc4ccc(S(=O)(=O)[O-])cc4n3c2[O-])c(OCCCS(=O)(=O)[O-])cc1N=Nc1cc(C)c(N=Nc2ccc(S(=O)(=O)[O-])cc2S(=O)(=O)O)cc1OCCCS(=O)(=O)[O-].[Na+].[Na+].[Na+].[Na+].[Na+]. The quantitative estimate of drug-likeness (QED) is 0.0340. The molecule has 2 aromatic heterocycles. The minimum absolute atomic E-state index is 0. The molecule has 0 radical (unpaired) electrons. The van der Waals surface area contributed by atoms with Crippen molar-refractivity contribution in [1.82, 2.24) is 9.38 Å². The molecular formula is C39H32N9Na5O18S5. The van der Waals surface area contributed by atoms with Crippen molar-refractivity contribution in [2.75, 3.05) is 24.7 Å². The third kappa shape index (κ3) is 18.8. The average molecular weight is 1190 g/mol. The molecule has 2 heterocycles. The molecular weight excluding hydrogens is 1160 g/mol. The van der Waals surface area contributed by atoms with Crippen LogP contribution in [0.15, 0.2) is 106 Å². The van der Waals surface area contributed by atoms with Crippen LogP contribution in [0.1, 0.15) is 35.1 Å². The first-order valence-electron chi connectivity index (χ1n) is 19.7. The van der Waals surface area contributed by atoms with Crippen molar-refractivity contribution in [3.8, 4) is 23.4 Å². The second-order valence-corrected chi connectivity index (χ2v) is 22.1. The molecule has 0 saturated heterocycles. The number of pyridine rings is 1. The van der Waals surface area contributed by atoms with E-state index in [2.05, 4.69) is 35.7 Å². The van der Waals surface area contributed by atoms with E-state index < -0.39 is 94.0 Å². The summed E-state index contributed by atoms with van der Waals surface area (Å²) in [5, 5.41) is 48.6. The second kappa shape index (κ2) is 29.2. The summed E-state index contributed by atoms with van der Waals surface area (Å²) in [6, 6.07) is 12.1. The van der Waals surface area contributed by atoms with E-state index in [0.717, 1.165) is 28.7 Å². The second-order valence-electron chi connectivity index (χ2n) is 14.9. The maximum Gasteiger partial charge on any atom is 1.00 e. The Morgan fingerprint density at radius 2 is 1.04 bits per heavy atom. The first kappa shape index (κ1) is 72.1. The van der Waals surface area contributed by atoms with Gasteiger partial charge >= 0.3 is 148 Å². The van der Waals surface area contributed by atoms with E-state index in [1.54, 1.807) is 0 Å². The minimum atomic E-state index is -5.16. The summed E-state index contributed by atoms with van der Waals surface area (Å²) in [6.45, 7) is 3.62. The number of ether oxygens (including phenoxy) is 2. The van der Waals surface area contributed by atoms with Gasteiger partial charge in [-0.05, 0) is 105 Å².